The van der Waals surface area contributed by atoms with Crippen molar-refractivity contribution in [3.8, 4) is 5.75 Å². The predicted molar refractivity (Wildman–Crippen MR) is 98.0 cm³/mol. The molecule has 0 saturated carbocycles. The van der Waals surface area contributed by atoms with E-state index < -0.39 is 0 Å². The van der Waals surface area contributed by atoms with Crippen LogP contribution in [-0.2, 0) is 0 Å². The smallest absolute Gasteiger partial charge is 0.261 e. The standard InChI is InChI=1S/C16H12BrClN2O2S/c1-8-5-14-12(7-11(8)18)19-16(23-14)20-15(21)10-6-9(17)3-4-13(10)22-2/h3-7H,1-2H3,(H,19,20,21). The van der Waals surface area contributed by atoms with E-state index in [1.807, 2.05) is 19.1 Å². The highest BCUT2D eigenvalue weighted by Crippen LogP contribution is 2.31. The van der Waals surface area contributed by atoms with E-state index >= 15 is 0 Å². The molecule has 0 spiro atoms. The molecular formula is C16H12BrClN2O2S. The van der Waals surface area contributed by atoms with Crippen molar-refractivity contribution in [1.82, 2.24) is 4.98 Å². The monoisotopic (exact) mass is 410 g/mol. The lowest BCUT2D eigenvalue weighted by atomic mass is 10.2. The number of aromatic nitrogens is 1. The Labute approximate surface area is 150 Å². The second kappa shape index (κ2) is 6.47. The molecule has 3 aromatic rings. The van der Waals surface area contributed by atoms with Crippen LogP contribution in [0.3, 0.4) is 0 Å². The molecule has 0 aliphatic rings. The molecule has 118 valence electrons. The number of halogens is 2. The molecule has 0 radical (unpaired) electrons. The Hall–Kier alpha value is -1.63. The number of carbonyl (C=O) groups excluding carboxylic acids is 1. The number of methoxy groups -OCH3 is 1. The molecule has 0 saturated heterocycles. The number of rotatable bonds is 3. The molecular weight excluding hydrogens is 400 g/mol. The van der Waals surface area contributed by atoms with Gasteiger partial charge in [0.05, 0.1) is 22.9 Å². The van der Waals surface area contributed by atoms with Gasteiger partial charge in [-0.2, -0.15) is 0 Å². The van der Waals surface area contributed by atoms with E-state index in [0.717, 1.165) is 20.3 Å². The summed E-state index contributed by atoms with van der Waals surface area (Å²) in [4.78, 5) is 16.9. The molecule has 1 amide bonds. The van der Waals surface area contributed by atoms with E-state index in [4.69, 9.17) is 16.3 Å². The summed E-state index contributed by atoms with van der Waals surface area (Å²) in [6.07, 6.45) is 0. The van der Waals surface area contributed by atoms with Crippen LogP contribution < -0.4 is 10.1 Å². The lowest BCUT2D eigenvalue weighted by molar-refractivity contribution is 0.102. The number of aryl methyl sites for hydroxylation is 1. The van der Waals surface area contributed by atoms with Crippen LogP contribution in [0.1, 0.15) is 15.9 Å². The lowest BCUT2D eigenvalue weighted by Gasteiger charge is -2.08. The number of hydrogen-bond donors (Lipinski definition) is 1. The number of hydrogen-bond acceptors (Lipinski definition) is 4. The van der Waals surface area contributed by atoms with Crippen LogP contribution in [0.4, 0.5) is 5.13 Å². The first-order valence-electron chi connectivity index (χ1n) is 6.69. The summed E-state index contributed by atoms with van der Waals surface area (Å²) >= 11 is 10.9. The van der Waals surface area contributed by atoms with Gasteiger partial charge in [0.1, 0.15) is 5.75 Å². The summed E-state index contributed by atoms with van der Waals surface area (Å²) in [5.41, 5.74) is 2.19. The van der Waals surface area contributed by atoms with Crippen molar-refractivity contribution in [3.05, 3.63) is 51.0 Å². The van der Waals surface area contributed by atoms with Crippen LogP contribution >= 0.6 is 38.9 Å². The Morgan fingerprint density at radius 1 is 1.35 bits per heavy atom. The molecule has 0 unspecified atom stereocenters. The van der Waals surface area contributed by atoms with Gasteiger partial charge < -0.3 is 4.74 Å². The van der Waals surface area contributed by atoms with Crippen LogP contribution in [0.5, 0.6) is 5.75 Å². The molecule has 0 atom stereocenters. The highest BCUT2D eigenvalue weighted by Gasteiger charge is 2.15. The van der Waals surface area contributed by atoms with E-state index in [1.165, 1.54) is 18.4 Å². The predicted octanol–water partition coefficient (Wildman–Crippen LogP) is 5.28. The number of thiazole rings is 1. The Bertz CT molecular complexity index is 871. The van der Waals surface area contributed by atoms with Crippen molar-refractivity contribution in [3.63, 3.8) is 0 Å². The minimum absolute atomic E-state index is 0.273. The molecule has 7 heteroatoms. The molecule has 23 heavy (non-hydrogen) atoms. The van der Waals surface area contributed by atoms with Gasteiger partial charge in [-0.05, 0) is 42.8 Å². The van der Waals surface area contributed by atoms with Gasteiger partial charge in [0.15, 0.2) is 5.13 Å². The van der Waals surface area contributed by atoms with E-state index in [1.54, 1.807) is 18.2 Å². The molecule has 1 heterocycles. The van der Waals surface area contributed by atoms with Crippen molar-refractivity contribution < 1.29 is 9.53 Å². The van der Waals surface area contributed by atoms with Crippen LogP contribution in [0, 0.1) is 6.92 Å². The quantitative estimate of drug-likeness (QED) is 0.638. The molecule has 0 fully saturated rings. The van der Waals surface area contributed by atoms with Crippen molar-refractivity contribution in [1.29, 1.82) is 0 Å². The highest BCUT2D eigenvalue weighted by atomic mass is 79.9. The summed E-state index contributed by atoms with van der Waals surface area (Å²) < 4.78 is 7.01. The summed E-state index contributed by atoms with van der Waals surface area (Å²) in [7, 11) is 1.53. The third-order valence-corrected chi connectivity index (χ3v) is 5.13. The Balaban J connectivity index is 1.93. The maximum Gasteiger partial charge on any atom is 0.261 e. The average Bonchev–Trinajstić information content (AvgIpc) is 2.88. The van der Waals surface area contributed by atoms with Gasteiger partial charge in [-0.15, -0.1) is 0 Å². The van der Waals surface area contributed by atoms with E-state index in [0.29, 0.717) is 21.5 Å². The number of amides is 1. The number of nitrogens with one attached hydrogen (secondary N) is 1. The second-order valence-electron chi connectivity index (χ2n) is 4.89. The van der Waals surface area contributed by atoms with Gasteiger partial charge in [-0.1, -0.05) is 38.9 Å². The summed E-state index contributed by atoms with van der Waals surface area (Å²) in [5, 5.41) is 4.00. The number of carbonyl (C=O) groups is 1. The first kappa shape index (κ1) is 16.2. The fourth-order valence-corrected chi connectivity index (χ4v) is 3.59. The maximum atomic E-state index is 12.5. The normalized spacial score (nSPS) is 10.8. The molecule has 0 aliphatic carbocycles. The van der Waals surface area contributed by atoms with Crippen molar-refractivity contribution >= 4 is 60.1 Å². The van der Waals surface area contributed by atoms with E-state index in [-0.39, 0.29) is 5.91 Å². The molecule has 3 rings (SSSR count). The first-order chi connectivity index (χ1) is 11.0. The topological polar surface area (TPSA) is 51.2 Å². The molecule has 0 aliphatic heterocycles. The maximum absolute atomic E-state index is 12.5. The fraction of sp³-hybridized carbons (Fsp3) is 0.125. The Morgan fingerprint density at radius 2 is 2.13 bits per heavy atom. The minimum Gasteiger partial charge on any atom is -0.496 e. The van der Waals surface area contributed by atoms with Gasteiger partial charge in [0, 0.05) is 9.50 Å². The van der Waals surface area contributed by atoms with Crippen LogP contribution in [0.2, 0.25) is 5.02 Å². The number of anilines is 1. The van der Waals surface area contributed by atoms with Crippen molar-refractivity contribution in [2.45, 2.75) is 6.92 Å². The SMILES string of the molecule is COc1ccc(Br)cc1C(=O)Nc1nc2cc(Cl)c(C)cc2s1. The van der Waals surface area contributed by atoms with E-state index in [2.05, 4.69) is 26.2 Å². The van der Waals surface area contributed by atoms with Crippen molar-refractivity contribution in [2.75, 3.05) is 12.4 Å². The summed E-state index contributed by atoms with van der Waals surface area (Å²) in [6.45, 7) is 1.94. The zero-order valence-corrected chi connectivity index (χ0v) is 15.5. The zero-order chi connectivity index (χ0) is 16.6. The second-order valence-corrected chi connectivity index (χ2v) is 7.24. The molecule has 4 nitrogen and oxygen atoms in total. The molecule has 2 aromatic carbocycles. The first-order valence-corrected chi connectivity index (χ1v) is 8.68. The van der Waals surface area contributed by atoms with Crippen LogP contribution in [-0.4, -0.2) is 18.0 Å². The van der Waals surface area contributed by atoms with Gasteiger partial charge in [-0.25, -0.2) is 4.98 Å². The third kappa shape index (κ3) is 3.34. The Kier molecular flexibility index (Phi) is 4.57. The van der Waals surface area contributed by atoms with E-state index in [9.17, 15) is 4.79 Å². The fourth-order valence-electron chi connectivity index (χ4n) is 2.13. The van der Waals surface area contributed by atoms with Gasteiger partial charge in [0.25, 0.3) is 5.91 Å². The molecule has 1 N–H and O–H groups in total. The average molecular weight is 412 g/mol. The summed E-state index contributed by atoms with van der Waals surface area (Å²) in [5.74, 6) is 0.232. The number of nitrogens with zero attached hydrogens (tertiary/aromatic N) is 1. The molecule has 1 aromatic heterocycles. The number of benzene rings is 2. The summed E-state index contributed by atoms with van der Waals surface area (Å²) in [6, 6.07) is 9.03. The third-order valence-electron chi connectivity index (χ3n) is 3.30. The van der Waals surface area contributed by atoms with Gasteiger partial charge in [0.2, 0.25) is 0 Å². The van der Waals surface area contributed by atoms with Crippen molar-refractivity contribution in [2.24, 2.45) is 0 Å². The lowest BCUT2D eigenvalue weighted by Crippen LogP contribution is -2.13. The van der Waals surface area contributed by atoms with Crippen LogP contribution in [0.15, 0.2) is 34.8 Å². The van der Waals surface area contributed by atoms with Gasteiger partial charge in [-0.3, -0.25) is 10.1 Å². The largest absolute Gasteiger partial charge is 0.496 e. The highest BCUT2D eigenvalue weighted by molar-refractivity contribution is 9.10. The van der Waals surface area contributed by atoms with Gasteiger partial charge >= 0.3 is 0 Å². The zero-order valence-electron chi connectivity index (χ0n) is 12.3. The van der Waals surface area contributed by atoms with Crippen LogP contribution in [0.25, 0.3) is 10.2 Å². The Morgan fingerprint density at radius 3 is 2.87 bits per heavy atom. The number of ether oxygens (including phenoxy) is 1. The molecule has 0 bridgehead atoms. The minimum atomic E-state index is -0.273. The number of fused-ring (bicyclic) bond motifs is 1.